The molecule has 4 rings (SSSR count). The lowest BCUT2D eigenvalue weighted by atomic mass is 9.76. The van der Waals surface area contributed by atoms with Gasteiger partial charge in [-0.2, -0.15) is 10.3 Å². The van der Waals surface area contributed by atoms with Crippen LogP contribution >= 0.6 is 0 Å². The number of likely N-dealkylation sites (N-methyl/N-ethyl adjacent to an activating group) is 1. The molecule has 164 valence electrons. The first-order valence-electron chi connectivity index (χ1n) is 10.5. The summed E-state index contributed by atoms with van der Waals surface area (Å²) in [7, 11) is 1.77. The van der Waals surface area contributed by atoms with Crippen LogP contribution in [-0.2, 0) is 9.59 Å². The number of carbonyl (C=O) groups is 2. The summed E-state index contributed by atoms with van der Waals surface area (Å²) in [5.74, 6) is -3.32. The first-order chi connectivity index (χ1) is 14.2. The fourth-order valence-electron chi connectivity index (χ4n) is 5.00. The van der Waals surface area contributed by atoms with Crippen molar-refractivity contribution in [2.24, 2.45) is 11.7 Å². The van der Waals surface area contributed by atoms with Crippen molar-refractivity contribution in [3.8, 4) is 6.07 Å². The largest absolute Gasteiger partial charge is 0.366 e. The van der Waals surface area contributed by atoms with E-state index >= 15 is 0 Å². The highest BCUT2D eigenvalue weighted by molar-refractivity contribution is 5.94. The monoisotopic (exact) mass is 422 g/mol. The van der Waals surface area contributed by atoms with Crippen LogP contribution in [0, 0.1) is 17.2 Å². The zero-order valence-corrected chi connectivity index (χ0v) is 17.1. The average Bonchev–Trinajstić information content (AvgIpc) is 3.46. The summed E-state index contributed by atoms with van der Waals surface area (Å²) in [6.07, 6.45) is 5.54. The van der Waals surface area contributed by atoms with Gasteiger partial charge >= 0.3 is 0 Å². The van der Waals surface area contributed by atoms with Gasteiger partial charge in [-0.25, -0.2) is 8.78 Å². The minimum Gasteiger partial charge on any atom is -0.366 e. The third-order valence-electron chi connectivity index (χ3n) is 6.95. The van der Waals surface area contributed by atoms with E-state index in [1.807, 2.05) is 9.91 Å². The normalized spacial score (nSPS) is 34.1. The number of nitrogens with two attached hydrogens (primary N) is 1. The van der Waals surface area contributed by atoms with Crippen LogP contribution in [0.2, 0.25) is 0 Å². The van der Waals surface area contributed by atoms with E-state index in [0.29, 0.717) is 25.7 Å². The van der Waals surface area contributed by atoms with E-state index in [0.717, 1.165) is 12.8 Å². The number of hydrogen-bond acceptors (Lipinski definition) is 6. The number of nitrogens with zero attached hydrogens (tertiary/aromatic N) is 4. The van der Waals surface area contributed by atoms with Crippen LogP contribution in [-0.4, -0.2) is 70.5 Å². The van der Waals surface area contributed by atoms with Crippen molar-refractivity contribution in [1.82, 2.24) is 20.2 Å². The zero-order valence-electron chi connectivity index (χ0n) is 17.1. The van der Waals surface area contributed by atoms with Gasteiger partial charge in [-0.3, -0.25) is 14.5 Å². The minimum atomic E-state index is -2.59. The topological polar surface area (TPSA) is 106 Å². The van der Waals surface area contributed by atoms with Crippen LogP contribution in [0.4, 0.5) is 8.78 Å². The molecule has 4 aliphatic rings. The van der Waals surface area contributed by atoms with Crippen molar-refractivity contribution in [3.05, 3.63) is 11.8 Å². The van der Waals surface area contributed by atoms with Gasteiger partial charge in [0.2, 0.25) is 11.8 Å². The van der Waals surface area contributed by atoms with Gasteiger partial charge < -0.3 is 16.1 Å². The van der Waals surface area contributed by atoms with Crippen LogP contribution in [0.25, 0.3) is 0 Å². The fraction of sp³-hybridized carbons (Fsp3) is 0.750. The summed E-state index contributed by atoms with van der Waals surface area (Å²) >= 11 is 0. The predicted octanol–water partition coefficient (Wildman–Crippen LogP) is 0.916. The van der Waals surface area contributed by atoms with E-state index < -0.39 is 23.5 Å². The van der Waals surface area contributed by atoms with Gasteiger partial charge in [-0.15, -0.1) is 0 Å². The fourth-order valence-corrected chi connectivity index (χ4v) is 5.00. The molecule has 3 fully saturated rings. The molecule has 2 aliphatic carbocycles. The molecular weight excluding hydrogens is 394 g/mol. The van der Waals surface area contributed by atoms with Gasteiger partial charge in [0.05, 0.1) is 36.7 Å². The molecule has 8 nitrogen and oxygen atoms in total. The van der Waals surface area contributed by atoms with Crippen molar-refractivity contribution < 1.29 is 18.4 Å². The zero-order chi connectivity index (χ0) is 21.7. The molecule has 2 aliphatic heterocycles. The number of primary amides is 1. The summed E-state index contributed by atoms with van der Waals surface area (Å²) in [4.78, 5) is 26.2. The lowest BCUT2D eigenvalue weighted by molar-refractivity contribution is -0.158. The van der Waals surface area contributed by atoms with Crippen LogP contribution in [0.3, 0.4) is 0 Å². The number of rotatable bonds is 6. The molecule has 0 aromatic rings. The standard InChI is InChI=1S/C20H28F2N6O2/c1-26-17(25-18(30)13-2-3-13)15(16(24)29)10-28(26)19(8-9-23)6-4-14(5-7-19)27-11-20(21,22)12-27/h10,13-14,17H,2-8,11-12H2,1H3,(H2,24,29)(H,25,30)/t14-,17?,19-. The van der Waals surface area contributed by atoms with Gasteiger partial charge in [-0.05, 0) is 38.5 Å². The molecule has 2 amide bonds. The molecule has 3 N–H and O–H groups in total. The number of hydrazine groups is 1. The lowest BCUT2D eigenvalue weighted by Gasteiger charge is -2.52. The van der Waals surface area contributed by atoms with E-state index in [9.17, 15) is 23.6 Å². The number of nitriles is 1. The molecule has 0 aromatic heterocycles. The van der Waals surface area contributed by atoms with Crippen LogP contribution < -0.4 is 11.1 Å². The third-order valence-corrected chi connectivity index (χ3v) is 6.95. The maximum atomic E-state index is 13.3. The molecule has 0 radical (unpaired) electrons. The number of alkyl halides is 2. The molecule has 10 heteroatoms. The predicted molar refractivity (Wildman–Crippen MR) is 103 cm³/mol. The second-order valence-electron chi connectivity index (χ2n) is 9.10. The van der Waals surface area contributed by atoms with E-state index in [4.69, 9.17) is 5.73 Å². The Morgan fingerprint density at radius 3 is 2.40 bits per heavy atom. The summed E-state index contributed by atoms with van der Waals surface area (Å²) in [5.41, 5.74) is 5.31. The molecular formula is C20H28F2N6O2. The van der Waals surface area contributed by atoms with Gasteiger partial charge in [-0.1, -0.05) is 0 Å². The SMILES string of the molecule is CN1C(NC(=O)C2CC2)C(C(N)=O)=CN1[C@]1(CC#N)CC[C@@H](N2CC(F)(F)C2)CC1. The average molecular weight is 422 g/mol. The van der Waals surface area contributed by atoms with Crippen LogP contribution in [0.5, 0.6) is 0 Å². The molecule has 1 atom stereocenters. The number of hydrogen-bond donors (Lipinski definition) is 2. The van der Waals surface area contributed by atoms with Gasteiger partial charge in [0.15, 0.2) is 0 Å². The van der Waals surface area contributed by atoms with Gasteiger partial charge in [0, 0.05) is 25.2 Å². The summed E-state index contributed by atoms with van der Waals surface area (Å²) in [5, 5.41) is 16.1. The molecule has 0 spiro atoms. The molecule has 0 bridgehead atoms. The first-order valence-corrected chi connectivity index (χ1v) is 10.5. The van der Waals surface area contributed by atoms with Crippen molar-refractivity contribution in [2.75, 3.05) is 20.1 Å². The molecule has 2 saturated carbocycles. The Morgan fingerprint density at radius 2 is 1.90 bits per heavy atom. The number of amides is 2. The van der Waals surface area contributed by atoms with E-state index in [2.05, 4.69) is 11.4 Å². The molecule has 0 aromatic carbocycles. The second kappa shape index (κ2) is 7.46. The Hall–Kier alpha value is -2.25. The Kier molecular flexibility index (Phi) is 5.22. The summed E-state index contributed by atoms with van der Waals surface area (Å²) in [6.45, 7) is -0.402. The third kappa shape index (κ3) is 3.76. The molecule has 1 saturated heterocycles. The molecule has 30 heavy (non-hydrogen) atoms. The first kappa shape index (κ1) is 21.0. The van der Waals surface area contributed by atoms with Crippen molar-refractivity contribution in [1.29, 1.82) is 5.26 Å². The maximum absolute atomic E-state index is 13.3. The molecule has 2 heterocycles. The van der Waals surface area contributed by atoms with Crippen LogP contribution in [0.1, 0.15) is 44.9 Å². The Balaban J connectivity index is 1.50. The Bertz CT molecular complexity index is 790. The second-order valence-corrected chi connectivity index (χ2v) is 9.10. The Morgan fingerprint density at radius 1 is 1.27 bits per heavy atom. The highest BCUT2D eigenvalue weighted by atomic mass is 19.3. The van der Waals surface area contributed by atoms with Crippen LogP contribution in [0.15, 0.2) is 11.8 Å². The summed E-state index contributed by atoms with van der Waals surface area (Å²) in [6, 6.07) is 2.33. The highest BCUT2D eigenvalue weighted by Gasteiger charge is 2.51. The highest BCUT2D eigenvalue weighted by Crippen LogP contribution is 2.43. The quantitative estimate of drug-likeness (QED) is 0.659. The van der Waals surface area contributed by atoms with Crippen molar-refractivity contribution >= 4 is 11.8 Å². The van der Waals surface area contributed by atoms with E-state index in [1.54, 1.807) is 18.3 Å². The molecule has 1 unspecified atom stereocenters. The minimum absolute atomic E-state index is 0.0141. The number of carbonyl (C=O) groups excluding carboxylic acids is 2. The number of likely N-dealkylation sites (tertiary alicyclic amines) is 1. The lowest BCUT2D eigenvalue weighted by Crippen LogP contribution is -2.63. The smallest absolute Gasteiger partial charge is 0.272 e. The maximum Gasteiger partial charge on any atom is 0.272 e. The van der Waals surface area contributed by atoms with Gasteiger partial charge in [0.1, 0.15) is 6.17 Å². The number of nitrogens with one attached hydrogen (secondary N) is 1. The summed E-state index contributed by atoms with van der Waals surface area (Å²) < 4.78 is 26.5. The van der Waals surface area contributed by atoms with Crippen molar-refractivity contribution in [2.45, 2.75) is 68.6 Å². The van der Waals surface area contributed by atoms with E-state index in [-0.39, 0.29) is 43.0 Å². The van der Waals surface area contributed by atoms with Gasteiger partial charge in [0.25, 0.3) is 5.92 Å². The number of halogens is 2. The van der Waals surface area contributed by atoms with E-state index in [1.165, 1.54) is 0 Å². The Labute approximate surface area is 174 Å². The van der Waals surface area contributed by atoms with Crippen molar-refractivity contribution in [3.63, 3.8) is 0 Å².